The van der Waals surface area contributed by atoms with Crippen molar-refractivity contribution in [3.8, 4) is 6.07 Å². The molecule has 0 aliphatic rings. The third-order valence-electron chi connectivity index (χ3n) is 2.09. The highest BCUT2D eigenvalue weighted by atomic mass is 79.9. The molecule has 3 nitrogen and oxygen atoms in total. The van der Waals surface area contributed by atoms with Crippen molar-refractivity contribution in [1.82, 2.24) is 9.97 Å². The predicted octanol–water partition coefficient (Wildman–Crippen LogP) is 3.77. The van der Waals surface area contributed by atoms with E-state index in [2.05, 4.69) is 38.9 Å². The van der Waals surface area contributed by atoms with Gasteiger partial charge in [0.1, 0.15) is 16.2 Å². The van der Waals surface area contributed by atoms with E-state index in [1.807, 2.05) is 0 Å². The molecule has 6 heteroatoms. The maximum Gasteiger partial charge on any atom is 0.129 e. The van der Waals surface area contributed by atoms with Gasteiger partial charge in [0.05, 0.1) is 9.86 Å². The minimum absolute atomic E-state index is 0.542. The van der Waals surface area contributed by atoms with Gasteiger partial charge in [0.15, 0.2) is 0 Å². The summed E-state index contributed by atoms with van der Waals surface area (Å²) < 4.78 is 1.10. The van der Waals surface area contributed by atoms with Gasteiger partial charge in [-0.3, -0.25) is 0 Å². The summed E-state index contributed by atoms with van der Waals surface area (Å²) in [6, 6.07) is 2.13. The standard InChI is InChI=1S/C10H8BrN3S2/c1-6-7-9(15-4-2-3-12)13-5-14-10(7)16-8(6)11/h5H,2,4H2,1H3. The molecule has 2 rings (SSSR count). The molecule has 0 N–H and O–H groups in total. The highest BCUT2D eigenvalue weighted by Gasteiger charge is 2.12. The van der Waals surface area contributed by atoms with E-state index in [1.54, 1.807) is 29.4 Å². The maximum atomic E-state index is 8.51. The first-order chi connectivity index (χ1) is 7.74. The van der Waals surface area contributed by atoms with Gasteiger partial charge in [0, 0.05) is 17.6 Å². The first-order valence-electron chi connectivity index (χ1n) is 4.63. The number of nitrogens with zero attached hydrogens (tertiary/aromatic N) is 3. The molecule has 0 aliphatic heterocycles. The summed E-state index contributed by atoms with van der Waals surface area (Å²) in [4.78, 5) is 9.53. The van der Waals surface area contributed by atoms with Crippen LogP contribution in [0.4, 0.5) is 0 Å². The lowest BCUT2D eigenvalue weighted by molar-refractivity contribution is 1.10. The number of thioether (sulfide) groups is 1. The highest BCUT2D eigenvalue weighted by molar-refractivity contribution is 9.11. The third-order valence-corrected chi connectivity index (χ3v) is 5.15. The molecular weight excluding hydrogens is 306 g/mol. The van der Waals surface area contributed by atoms with Crippen LogP contribution in [-0.2, 0) is 0 Å². The summed E-state index contributed by atoms with van der Waals surface area (Å²) in [5.41, 5.74) is 1.18. The molecule has 2 aromatic heterocycles. The van der Waals surface area contributed by atoms with Crippen molar-refractivity contribution < 1.29 is 0 Å². The summed E-state index contributed by atoms with van der Waals surface area (Å²) >= 11 is 6.75. The second-order valence-electron chi connectivity index (χ2n) is 3.12. The van der Waals surface area contributed by atoms with Crippen LogP contribution < -0.4 is 0 Å². The molecule has 0 aliphatic carbocycles. The molecule has 0 radical (unpaired) electrons. The Morgan fingerprint density at radius 2 is 2.38 bits per heavy atom. The third kappa shape index (κ3) is 2.21. The molecule has 0 aromatic carbocycles. The summed E-state index contributed by atoms with van der Waals surface area (Å²) in [5.74, 6) is 0.773. The van der Waals surface area contributed by atoms with Gasteiger partial charge in [-0.05, 0) is 28.4 Å². The fraction of sp³-hybridized carbons (Fsp3) is 0.300. The average Bonchev–Trinajstić information content (AvgIpc) is 2.56. The number of fused-ring (bicyclic) bond motifs is 1. The monoisotopic (exact) mass is 313 g/mol. The Hall–Kier alpha value is -0.640. The number of rotatable bonds is 3. The molecule has 0 unspecified atom stereocenters. The zero-order valence-electron chi connectivity index (χ0n) is 8.53. The number of aromatic nitrogens is 2. The van der Waals surface area contributed by atoms with Crippen molar-refractivity contribution in [3.63, 3.8) is 0 Å². The van der Waals surface area contributed by atoms with Gasteiger partial charge < -0.3 is 0 Å². The first-order valence-corrected chi connectivity index (χ1v) is 7.23. The molecule has 0 spiro atoms. The number of aryl methyl sites for hydroxylation is 1. The van der Waals surface area contributed by atoms with E-state index < -0.39 is 0 Å². The molecule has 2 aromatic rings. The summed E-state index contributed by atoms with van der Waals surface area (Å²) in [7, 11) is 0. The van der Waals surface area contributed by atoms with Crippen molar-refractivity contribution in [2.75, 3.05) is 5.75 Å². The highest BCUT2D eigenvalue weighted by Crippen LogP contribution is 2.37. The molecular formula is C10H8BrN3S2. The number of halogens is 1. The van der Waals surface area contributed by atoms with Gasteiger partial charge in [-0.1, -0.05) is 0 Å². The first kappa shape index (κ1) is 11.8. The van der Waals surface area contributed by atoms with E-state index in [9.17, 15) is 0 Å². The zero-order chi connectivity index (χ0) is 11.5. The van der Waals surface area contributed by atoms with Gasteiger partial charge in [-0.2, -0.15) is 5.26 Å². The molecule has 0 fully saturated rings. The van der Waals surface area contributed by atoms with Crippen molar-refractivity contribution in [1.29, 1.82) is 5.26 Å². The number of hydrogen-bond donors (Lipinski definition) is 0. The van der Waals surface area contributed by atoms with E-state index in [1.165, 1.54) is 5.56 Å². The molecule has 0 saturated heterocycles. The van der Waals surface area contributed by atoms with Gasteiger partial charge in [0.2, 0.25) is 0 Å². The molecule has 0 amide bonds. The average molecular weight is 314 g/mol. The zero-order valence-corrected chi connectivity index (χ0v) is 11.7. The number of hydrogen-bond acceptors (Lipinski definition) is 5. The lowest BCUT2D eigenvalue weighted by Gasteiger charge is -2.00. The van der Waals surface area contributed by atoms with Crippen molar-refractivity contribution in [2.24, 2.45) is 0 Å². The quantitative estimate of drug-likeness (QED) is 0.491. The van der Waals surface area contributed by atoms with Crippen LogP contribution in [0.3, 0.4) is 0 Å². The number of nitriles is 1. The van der Waals surface area contributed by atoms with Crippen LogP contribution in [0.1, 0.15) is 12.0 Å². The Kier molecular flexibility index (Phi) is 3.79. The maximum absolute atomic E-state index is 8.51. The Morgan fingerprint density at radius 1 is 1.56 bits per heavy atom. The van der Waals surface area contributed by atoms with Crippen molar-refractivity contribution in [3.05, 3.63) is 15.7 Å². The Morgan fingerprint density at radius 3 is 3.12 bits per heavy atom. The minimum Gasteiger partial charge on any atom is -0.229 e. The normalized spacial score (nSPS) is 10.6. The number of thiophene rings is 1. The van der Waals surface area contributed by atoms with Crippen LogP contribution in [0.2, 0.25) is 0 Å². The van der Waals surface area contributed by atoms with E-state index >= 15 is 0 Å². The molecule has 0 bridgehead atoms. The van der Waals surface area contributed by atoms with Gasteiger partial charge in [-0.15, -0.1) is 23.1 Å². The minimum atomic E-state index is 0.542. The molecule has 0 atom stereocenters. The fourth-order valence-electron chi connectivity index (χ4n) is 1.31. The largest absolute Gasteiger partial charge is 0.229 e. The van der Waals surface area contributed by atoms with Crippen LogP contribution >= 0.6 is 39.0 Å². The SMILES string of the molecule is Cc1c(Br)sc2ncnc(SCCC#N)c12. The van der Waals surface area contributed by atoms with E-state index in [-0.39, 0.29) is 0 Å². The Bertz CT molecular complexity index is 559. The summed E-state index contributed by atoms with van der Waals surface area (Å²) in [6.45, 7) is 2.06. The smallest absolute Gasteiger partial charge is 0.129 e. The van der Waals surface area contributed by atoms with Crippen molar-refractivity contribution >= 4 is 49.2 Å². The predicted molar refractivity (Wildman–Crippen MR) is 70.8 cm³/mol. The lowest BCUT2D eigenvalue weighted by Crippen LogP contribution is -1.86. The molecule has 16 heavy (non-hydrogen) atoms. The van der Waals surface area contributed by atoms with E-state index in [0.717, 1.165) is 24.8 Å². The van der Waals surface area contributed by atoms with Crippen molar-refractivity contribution in [2.45, 2.75) is 18.4 Å². The van der Waals surface area contributed by atoms with Crippen LogP contribution in [0, 0.1) is 18.3 Å². The van der Waals surface area contributed by atoms with Gasteiger partial charge in [0.25, 0.3) is 0 Å². The second-order valence-corrected chi connectivity index (χ2v) is 6.52. The van der Waals surface area contributed by atoms with Crippen LogP contribution in [0.5, 0.6) is 0 Å². The van der Waals surface area contributed by atoms with E-state index in [0.29, 0.717) is 6.42 Å². The van der Waals surface area contributed by atoms with Crippen LogP contribution in [-0.4, -0.2) is 15.7 Å². The lowest BCUT2D eigenvalue weighted by atomic mass is 10.3. The Balaban J connectivity index is 2.41. The molecule has 2 heterocycles. The molecule has 82 valence electrons. The van der Waals surface area contributed by atoms with E-state index in [4.69, 9.17) is 5.26 Å². The topological polar surface area (TPSA) is 49.6 Å². The summed E-state index contributed by atoms with van der Waals surface area (Å²) in [5, 5.41) is 10.6. The second kappa shape index (κ2) is 5.13. The van der Waals surface area contributed by atoms with Gasteiger partial charge in [-0.25, -0.2) is 9.97 Å². The fourth-order valence-corrected chi connectivity index (χ4v) is 3.82. The summed E-state index contributed by atoms with van der Waals surface area (Å²) in [6.07, 6.45) is 2.12. The molecule has 0 saturated carbocycles. The van der Waals surface area contributed by atoms with Crippen LogP contribution in [0.15, 0.2) is 15.1 Å². The van der Waals surface area contributed by atoms with Crippen LogP contribution in [0.25, 0.3) is 10.2 Å². The Labute approximate surface area is 110 Å². The van der Waals surface area contributed by atoms with Gasteiger partial charge >= 0.3 is 0 Å².